The second-order valence-electron chi connectivity index (χ2n) is 5.29. The zero-order valence-electron chi connectivity index (χ0n) is 11.5. The number of rotatable bonds is 4. The fourth-order valence-electron chi connectivity index (χ4n) is 2.48. The van der Waals surface area contributed by atoms with Crippen LogP contribution in [0.2, 0.25) is 0 Å². The average molecular weight is 321 g/mol. The minimum Gasteiger partial charge on any atom is -0.302 e. The normalized spacial score (nSPS) is 18.8. The molecule has 1 aliphatic heterocycles. The van der Waals surface area contributed by atoms with Gasteiger partial charge in [-0.15, -0.1) is 0 Å². The van der Waals surface area contributed by atoms with Gasteiger partial charge in [0.15, 0.2) is 9.84 Å². The number of sulfone groups is 1. The van der Waals surface area contributed by atoms with Crippen LogP contribution in [0.4, 0.5) is 13.2 Å². The first kappa shape index (κ1) is 16.3. The first-order valence-corrected chi connectivity index (χ1v) is 8.51. The molecule has 21 heavy (non-hydrogen) atoms. The Hall–Kier alpha value is -1.08. The fourth-order valence-corrected chi connectivity index (χ4v) is 3.78. The summed E-state index contributed by atoms with van der Waals surface area (Å²) >= 11 is 0. The summed E-state index contributed by atoms with van der Waals surface area (Å²) in [6.07, 6.45) is -4.04. The van der Waals surface area contributed by atoms with Crippen LogP contribution in [0.15, 0.2) is 35.2 Å². The van der Waals surface area contributed by atoms with Crippen molar-refractivity contribution in [3.05, 3.63) is 30.3 Å². The van der Waals surface area contributed by atoms with E-state index in [1.807, 2.05) is 0 Å². The zero-order chi connectivity index (χ0) is 15.5. The molecule has 0 radical (unpaired) electrons. The SMILES string of the molecule is O=S(=O)(CCN1CCC(C(F)(F)F)CC1)c1ccccc1. The molecule has 0 spiro atoms. The number of piperidine rings is 1. The predicted octanol–water partition coefficient (Wildman–Crippen LogP) is 2.73. The quantitative estimate of drug-likeness (QED) is 0.856. The van der Waals surface area contributed by atoms with E-state index in [0.717, 1.165) is 0 Å². The fraction of sp³-hybridized carbons (Fsp3) is 0.571. The van der Waals surface area contributed by atoms with Crippen molar-refractivity contribution in [2.24, 2.45) is 5.92 Å². The average Bonchev–Trinajstić information content (AvgIpc) is 2.46. The lowest BCUT2D eigenvalue weighted by atomic mass is 9.96. The van der Waals surface area contributed by atoms with Gasteiger partial charge in [-0.05, 0) is 38.1 Å². The minimum atomic E-state index is -4.14. The largest absolute Gasteiger partial charge is 0.391 e. The number of hydrogen-bond acceptors (Lipinski definition) is 3. The molecule has 1 aliphatic rings. The smallest absolute Gasteiger partial charge is 0.302 e. The number of alkyl halides is 3. The first-order chi connectivity index (χ1) is 9.79. The number of hydrogen-bond donors (Lipinski definition) is 0. The highest BCUT2D eigenvalue weighted by molar-refractivity contribution is 7.91. The zero-order valence-corrected chi connectivity index (χ0v) is 12.3. The van der Waals surface area contributed by atoms with Crippen molar-refractivity contribution in [3.63, 3.8) is 0 Å². The predicted molar refractivity (Wildman–Crippen MR) is 73.7 cm³/mol. The molecule has 7 heteroatoms. The van der Waals surface area contributed by atoms with Gasteiger partial charge >= 0.3 is 6.18 Å². The van der Waals surface area contributed by atoms with Crippen molar-refractivity contribution in [2.75, 3.05) is 25.4 Å². The van der Waals surface area contributed by atoms with Gasteiger partial charge in [-0.1, -0.05) is 18.2 Å². The third-order valence-corrected chi connectivity index (χ3v) is 5.54. The molecular formula is C14H18F3NO2S. The van der Waals surface area contributed by atoms with Crippen molar-refractivity contribution in [1.29, 1.82) is 0 Å². The highest BCUT2D eigenvalue weighted by Gasteiger charge is 2.41. The highest BCUT2D eigenvalue weighted by Crippen LogP contribution is 2.34. The summed E-state index contributed by atoms with van der Waals surface area (Å²) in [6.45, 7) is 0.880. The summed E-state index contributed by atoms with van der Waals surface area (Å²) in [4.78, 5) is 2.05. The Morgan fingerprint density at radius 1 is 1.10 bits per heavy atom. The Bertz CT molecular complexity index is 549. The molecule has 1 fully saturated rings. The molecule has 0 bridgehead atoms. The van der Waals surface area contributed by atoms with Gasteiger partial charge in [0.05, 0.1) is 16.6 Å². The van der Waals surface area contributed by atoms with Gasteiger partial charge in [0.25, 0.3) is 0 Å². The number of likely N-dealkylation sites (tertiary alicyclic amines) is 1. The van der Waals surface area contributed by atoms with Gasteiger partial charge in [-0.25, -0.2) is 8.42 Å². The summed E-state index contributed by atoms with van der Waals surface area (Å²) in [5.74, 6) is -1.31. The van der Waals surface area contributed by atoms with E-state index < -0.39 is 21.9 Å². The second kappa shape index (κ2) is 6.36. The highest BCUT2D eigenvalue weighted by atomic mass is 32.2. The molecule has 1 aromatic rings. The molecule has 0 N–H and O–H groups in total. The Kier molecular flexibility index (Phi) is 4.93. The molecule has 0 unspecified atom stereocenters. The van der Waals surface area contributed by atoms with Crippen molar-refractivity contribution >= 4 is 9.84 Å². The third kappa shape index (κ3) is 4.44. The van der Waals surface area contributed by atoms with Crippen LogP contribution in [-0.2, 0) is 9.84 Å². The molecule has 0 amide bonds. The molecule has 3 nitrogen and oxygen atoms in total. The van der Waals surface area contributed by atoms with E-state index in [9.17, 15) is 21.6 Å². The molecule has 0 atom stereocenters. The number of halogens is 3. The van der Waals surface area contributed by atoms with E-state index in [1.54, 1.807) is 23.1 Å². The number of nitrogens with zero attached hydrogens (tertiary/aromatic N) is 1. The Morgan fingerprint density at radius 2 is 1.67 bits per heavy atom. The molecular weight excluding hydrogens is 303 g/mol. The van der Waals surface area contributed by atoms with Crippen LogP contribution < -0.4 is 0 Å². The van der Waals surface area contributed by atoms with Crippen LogP contribution >= 0.6 is 0 Å². The van der Waals surface area contributed by atoms with Crippen LogP contribution in [0.25, 0.3) is 0 Å². The van der Waals surface area contributed by atoms with Gasteiger partial charge in [-0.3, -0.25) is 0 Å². The topological polar surface area (TPSA) is 37.4 Å². The van der Waals surface area contributed by atoms with Crippen LogP contribution in [-0.4, -0.2) is 44.9 Å². The van der Waals surface area contributed by atoms with Gasteiger partial charge in [0.2, 0.25) is 0 Å². The molecule has 0 aliphatic carbocycles. The lowest BCUT2D eigenvalue weighted by Gasteiger charge is -2.32. The maximum Gasteiger partial charge on any atom is 0.391 e. The summed E-state index contributed by atoms with van der Waals surface area (Å²) < 4.78 is 61.8. The van der Waals surface area contributed by atoms with Gasteiger partial charge in [0.1, 0.15) is 0 Å². The molecule has 1 heterocycles. The minimum absolute atomic E-state index is 0.0505. The summed E-state index contributed by atoms with van der Waals surface area (Å²) in [5.41, 5.74) is 0. The Labute approximate surface area is 122 Å². The van der Waals surface area contributed by atoms with E-state index in [-0.39, 0.29) is 30.0 Å². The van der Waals surface area contributed by atoms with Crippen molar-refractivity contribution in [3.8, 4) is 0 Å². The van der Waals surface area contributed by atoms with Crippen molar-refractivity contribution in [1.82, 2.24) is 4.90 Å². The molecule has 0 saturated carbocycles. The van der Waals surface area contributed by atoms with Crippen LogP contribution in [0, 0.1) is 5.92 Å². The third-order valence-electron chi connectivity index (χ3n) is 3.83. The summed E-state index contributed by atoms with van der Waals surface area (Å²) in [6, 6.07) is 8.11. The van der Waals surface area contributed by atoms with Crippen LogP contribution in [0.1, 0.15) is 12.8 Å². The van der Waals surface area contributed by atoms with Crippen molar-refractivity contribution < 1.29 is 21.6 Å². The second-order valence-corrected chi connectivity index (χ2v) is 7.40. The molecule has 1 saturated heterocycles. The molecule has 118 valence electrons. The Balaban J connectivity index is 1.85. The number of benzene rings is 1. The monoisotopic (exact) mass is 321 g/mol. The molecule has 1 aromatic carbocycles. The maximum absolute atomic E-state index is 12.6. The van der Waals surface area contributed by atoms with E-state index in [2.05, 4.69) is 0 Å². The maximum atomic E-state index is 12.6. The standard InChI is InChI=1S/C14H18F3NO2S/c15-14(16,17)12-6-8-18(9-7-12)10-11-21(19,20)13-4-2-1-3-5-13/h1-5,12H,6-11H2. The lowest BCUT2D eigenvalue weighted by Crippen LogP contribution is -2.40. The molecule has 0 aromatic heterocycles. The van der Waals surface area contributed by atoms with Crippen molar-refractivity contribution in [2.45, 2.75) is 23.9 Å². The first-order valence-electron chi connectivity index (χ1n) is 6.86. The summed E-state index contributed by atoms with van der Waals surface area (Å²) in [7, 11) is -3.37. The van der Waals surface area contributed by atoms with E-state index in [1.165, 1.54) is 12.1 Å². The summed E-state index contributed by atoms with van der Waals surface area (Å²) in [5, 5.41) is 0. The van der Waals surface area contributed by atoms with Crippen LogP contribution in [0.5, 0.6) is 0 Å². The lowest BCUT2D eigenvalue weighted by molar-refractivity contribution is -0.184. The van der Waals surface area contributed by atoms with Gasteiger partial charge < -0.3 is 4.90 Å². The molecule has 2 rings (SSSR count). The van der Waals surface area contributed by atoms with E-state index in [0.29, 0.717) is 13.1 Å². The van der Waals surface area contributed by atoms with E-state index >= 15 is 0 Å². The van der Waals surface area contributed by atoms with Crippen LogP contribution in [0.3, 0.4) is 0 Å². The van der Waals surface area contributed by atoms with Gasteiger partial charge in [0, 0.05) is 6.54 Å². The van der Waals surface area contributed by atoms with Gasteiger partial charge in [-0.2, -0.15) is 13.2 Å². The van der Waals surface area contributed by atoms with E-state index in [4.69, 9.17) is 0 Å². The Morgan fingerprint density at radius 3 is 2.19 bits per heavy atom.